The number of hydrogen-bond acceptors (Lipinski definition) is 8. The fourth-order valence-electron chi connectivity index (χ4n) is 6.60. The second kappa shape index (κ2) is 8.35. The molecule has 3 unspecified atom stereocenters. The van der Waals surface area contributed by atoms with Crippen molar-refractivity contribution in [2.45, 2.75) is 69.4 Å². The predicted octanol–water partition coefficient (Wildman–Crippen LogP) is 4.02. The number of likely N-dealkylation sites (tertiary alicyclic amines) is 1. The van der Waals surface area contributed by atoms with E-state index in [0.29, 0.717) is 34.8 Å². The fourth-order valence-corrected chi connectivity index (χ4v) is 6.60. The minimum absolute atomic E-state index is 0.00508. The highest BCUT2D eigenvalue weighted by molar-refractivity contribution is 5.68. The predicted molar refractivity (Wildman–Crippen MR) is 131 cm³/mol. The van der Waals surface area contributed by atoms with Gasteiger partial charge in [0.1, 0.15) is 17.9 Å². The molecule has 1 aliphatic heterocycles. The average molecular weight is 471 g/mol. The number of nitrogen functional groups attached to an aromatic ring is 1. The Morgan fingerprint density at radius 2 is 2.14 bits per heavy atom. The maximum absolute atomic E-state index is 9.92. The number of nitriles is 1. The summed E-state index contributed by atoms with van der Waals surface area (Å²) in [6.45, 7) is 3.17. The van der Waals surface area contributed by atoms with Gasteiger partial charge in [-0.25, -0.2) is 4.98 Å². The first-order valence-corrected chi connectivity index (χ1v) is 12.5. The molecule has 35 heavy (non-hydrogen) atoms. The van der Waals surface area contributed by atoms with Crippen LogP contribution in [0.2, 0.25) is 0 Å². The largest absolute Gasteiger partial charge is 0.459 e. The Morgan fingerprint density at radius 3 is 2.94 bits per heavy atom. The number of rotatable bonds is 4. The number of likely N-dealkylation sites (N-methyl/N-ethyl adjacent to an activating group) is 1. The lowest BCUT2D eigenvalue weighted by molar-refractivity contribution is 0.112. The molecule has 0 saturated carbocycles. The van der Waals surface area contributed by atoms with E-state index in [1.54, 1.807) is 6.20 Å². The monoisotopic (exact) mass is 470 g/mol. The maximum atomic E-state index is 9.92. The number of ether oxygens (including phenoxy) is 1. The van der Waals surface area contributed by atoms with Crippen LogP contribution in [0.25, 0.3) is 11.5 Å². The molecule has 180 valence electrons. The summed E-state index contributed by atoms with van der Waals surface area (Å²) >= 11 is 0. The highest BCUT2D eigenvalue weighted by Gasteiger charge is 2.48. The quantitative estimate of drug-likeness (QED) is 0.569. The van der Waals surface area contributed by atoms with E-state index in [-0.39, 0.29) is 11.5 Å². The zero-order valence-corrected chi connectivity index (χ0v) is 20.3. The molecule has 3 heterocycles. The Hall–Kier alpha value is -3.44. The number of nitrogens with two attached hydrogens (primary N) is 1. The topological polar surface area (TPSA) is 114 Å². The van der Waals surface area contributed by atoms with Crippen LogP contribution in [0.3, 0.4) is 0 Å². The first-order chi connectivity index (χ1) is 17.0. The van der Waals surface area contributed by atoms with Crippen molar-refractivity contribution in [3.05, 3.63) is 52.3 Å². The highest BCUT2D eigenvalue weighted by Crippen LogP contribution is 2.53. The Kier molecular flexibility index (Phi) is 5.26. The summed E-state index contributed by atoms with van der Waals surface area (Å²) in [5.41, 5.74) is 11.9. The summed E-state index contributed by atoms with van der Waals surface area (Å²) in [6, 6.07) is 8.85. The molecule has 1 fully saturated rings. The van der Waals surface area contributed by atoms with Crippen LogP contribution >= 0.6 is 0 Å². The van der Waals surface area contributed by atoms with Gasteiger partial charge >= 0.3 is 6.01 Å². The molecule has 8 heteroatoms. The van der Waals surface area contributed by atoms with Crippen molar-refractivity contribution in [1.82, 2.24) is 20.0 Å². The van der Waals surface area contributed by atoms with Crippen LogP contribution in [0, 0.1) is 11.3 Å². The van der Waals surface area contributed by atoms with Crippen LogP contribution in [-0.4, -0.2) is 45.8 Å². The lowest BCUT2D eigenvalue weighted by Gasteiger charge is -2.33. The van der Waals surface area contributed by atoms with Gasteiger partial charge in [0.05, 0.1) is 11.3 Å². The van der Waals surface area contributed by atoms with E-state index in [1.807, 2.05) is 12.1 Å². The van der Waals surface area contributed by atoms with Gasteiger partial charge in [0.25, 0.3) is 0 Å². The number of fused-ring (bicyclic) bond motifs is 4. The highest BCUT2D eigenvalue weighted by atomic mass is 16.5. The molecule has 2 N–H and O–H groups in total. The molecule has 3 aromatic rings. The van der Waals surface area contributed by atoms with Crippen molar-refractivity contribution in [3.63, 3.8) is 0 Å². The van der Waals surface area contributed by atoms with Gasteiger partial charge in [-0.3, -0.25) is 4.90 Å². The van der Waals surface area contributed by atoms with Crippen molar-refractivity contribution in [2.75, 3.05) is 19.3 Å². The SMILES string of the molecule is CC(Oc1nccc(-c2onc3c2CCCC32CCc3ccc(N)c(C#N)c32)n1)C1CCCN1C. The molecule has 0 radical (unpaired) electrons. The zero-order valence-electron chi connectivity index (χ0n) is 20.3. The van der Waals surface area contributed by atoms with Crippen LogP contribution in [0.15, 0.2) is 28.9 Å². The van der Waals surface area contributed by atoms with Crippen molar-refractivity contribution < 1.29 is 9.26 Å². The molecule has 1 saturated heterocycles. The first-order valence-electron chi connectivity index (χ1n) is 12.5. The van der Waals surface area contributed by atoms with Crippen LogP contribution in [0.5, 0.6) is 6.01 Å². The average Bonchev–Trinajstić information content (AvgIpc) is 3.58. The summed E-state index contributed by atoms with van der Waals surface area (Å²) < 4.78 is 12.1. The Bertz CT molecular complexity index is 1330. The van der Waals surface area contributed by atoms with Gasteiger partial charge in [0, 0.05) is 28.9 Å². The number of aromatic nitrogens is 3. The summed E-state index contributed by atoms with van der Waals surface area (Å²) in [5.74, 6) is 0.674. The Morgan fingerprint density at radius 1 is 1.26 bits per heavy atom. The van der Waals surface area contributed by atoms with E-state index in [0.717, 1.165) is 61.9 Å². The van der Waals surface area contributed by atoms with E-state index in [2.05, 4.69) is 41.1 Å². The van der Waals surface area contributed by atoms with Crippen LogP contribution < -0.4 is 10.5 Å². The summed E-state index contributed by atoms with van der Waals surface area (Å²) in [4.78, 5) is 11.4. The zero-order chi connectivity index (χ0) is 24.2. The number of hydrogen-bond donors (Lipinski definition) is 1. The number of nitrogens with zero attached hydrogens (tertiary/aromatic N) is 5. The van der Waals surface area contributed by atoms with Gasteiger partial charge in [-0.15, -0.1) is 0 Å². The second-order valence-electron chi connectivity index (χ2n) is 10.2. The number of anilines is 1. The number of aryl methyl sites for hydroxylation is 1. The third-order valence-electron chi connectivity index (χ3n) is 8.28. The molecule has 2 aromatic heterocycles. The molecule has 3 atom stereocenters. The van der Waals surface area contributed by atoms with Gasteiger partial charge in [0.2, 0.25) is 0 Å². The molecular weight excluding hydrogens is 440 g/mol. The summed E-state index contributed by atoms with van der Waals surface area (Å²) in [5, 5.41) is 14.5. The fraction of sp³-hybridized carbons (Fsp3) is 0.481. The van der Waals surface area contributed by atoms with Gasteiger partial charge in [-0.05, 0) is 88.7 Å². The molecule has 1 aromatic carbocycles. The van der Waals surface area contributed by atoms with Crippen molar-refractivity contribution in [3.8, 4) is 23.5 Å². The third kappa shape index (κ3) is 3.41. The number of benzene rings is 1. The third-order valence-corrected chi connectivity index (χ3v) is 8.28. The van der Waals surface area contributed by atoms with E-state index in [4.69, 9.17) is 20.0 Å². The van der Waals surface area contributed by atoms with Gasteiger partial charge in [0.15, 0.2) is 5.76 Å². The minimum Gasteiger partial charge on any atom is -0.459 e. The minimum atomic E-state index is -0.334. The van der Waals surface area contributed by atoms with Gasteiger partial charge in [-0.1, -0.05) is 11.2 Å². The Balaban J connectivity index is 1.36. The molecule has 2 aliphatic carbocycles. The van der Waals surface area contributed by atoms with Gasteiger partial charge < -0.3 is 15.0 Å². The first kappa shape index (κ1) is 22.1. The van der Waals surface area contributed by atoms with E-state index in [1.165, 1.54) is 12.0 Å². The summed E-state index contributed by atoms with van der Waals surface area (Å²) in [7, 11) is 2.14. The molecule has 0 bridgehead atoms. The lowest BCUT2D eigenvalue weighted by atomic mass is 9.68. The molecule has 6 rings (SSSR count). The summed E-state index contributed by atoms with van der Waals surface area (Å²) in [6.07, 6.45) is 8.61. The van der Waals surface area contributed by atoms with Crippen molar-refractivity contribution >= 4 is 5.69 Å². The standard InChI is InChI=1S/C27H30N6O2/c1-16(22-6-4-14-33(22)2)34-26-30-13-10-21(31-26)24-18-5-3-11-27(25(18)32-35-24)12-9-17-7-8-20(29)19(15-28)23(17)27/h7-8,10,13,16,22H,3-6,9,11-12,14,29H2,1-2H3. The molecule has 0 amide bonds. The normalized spacial score (nSPS) is 24.2. The second-order valence-corrected chi connectivity index (χ2v) is 10.2. The molecular formula is C27H30N6O2. The Labute approximate surface area is 205 Å². The molecule has 3 aliphatic rings. The van der Waals surface area contributed by atoms with Crippen LogP contribution in [0.4, 0.5) is 5.69 Å². The maximum Gasteiger partial charge on any atom is 0.317 e. The van der Waals surface area contributed by atoms with Crippen LogP contribution in [0.1, 0.15) is 67.0 Å². The van der Waals surface area contributed by atoms with E-state index >= 15 is 0 Å². The van der Waals surface area contributed by atoms with E-state index < -0.39 is 0 Å². The van der Waals surface area contributed by atoms with Crippen LogP contribution in [-0.2, 0) is 18.3 Å². The van der Waals surface area contributed by atoms with Crippen molar-refractivity contribution in [2.24, 2.45) is 0 Å². The lowest BCUT2D eigenvalue weighted by Crippen LogP contribution is -2.38. The molecule has 1 spiro atoms. The molecule has 8 nitrogen and oxygen atoms in total. The van der Waals surface area contributed by atoms with Crippen molar-refractivity contribution in [1.29, 1.82) is 5.26 Å². The van der Waals surface area contributed by atoms with Gasteiger partial charge in [-0.2, -0.15) is 10.2 Å². The smallest absolute Gasteiger partial charge is 0.317 e. The van der Waals surface area contributed by atoms with E-state index in [9.17, 15) is 5.26 Å².